The first-order valence-corrected chi connectivity index (χ1v) is 8.99. The number of rotatable bonds is 5. The number of carbonyl (C=O) groups excluding carboxylic acids is 1. The van der Waals surface area contributed by atoms with Gasteiger partial charge in [0.15, 0.2) is 0 Å². The van der Waals surface area contributed by atoms with E-state index < -0.39 is 0 Å². The predicted molar refractivity (Wildman–Crippen MR) is 103 cm³/mol. The minimum Gasteiger partial charge on any atom is -0.497 e. The zero-order valence-corrected chi connectivity index (χ0v) is 15.2. The normalized spacial score (nSPS) is 15.8. The molecule has 2 heterocycles. The lowest BCUT2D eigenvalue weighted by molar-refractivity contribution is 0.0756. The molecule has 0 N–H and O–H groups in total. The molecular formula is C21H25N3O2. The van der Waals surface area contributed by atoms with E-state index in [-0.39, 0.29) is 5.91 Å². The number of methoxy groups -OCH3 is 1. The highest BCUT2D eigenvalue weighted by atomic mass is 16.5. The summed E-state index contributed by atoms with van der Waals surface area (Å²) in [5, 5.41) is 0. The fraction of sp³-hybridized carbons (Fsp3) is 0.333. The molecule has 0 aliphatic carbocycles. The third-order valence-corrected chi connectivity index (χ3v) is 4.54. The number of amides is 1. The number of nitrogens with zero attached hydrogens (tertiary/aromatic N) is 3. The molecule has 1 aliphatic heterocycles. The van der Waals surface area contributed by atoms with E-state index in [4.69, 9.17) is 4.74 Å². The lowest BCUT2D eigenvalue weighted by Gasteiger charge is -2.21. The molecule has 0 bridgehead atoms. The molecule has 5 heteroatoms. The van der Waals surface area contributed by atoms with Gasteiger partial charge in [0.25, 0.3) is 5.91 Å². The lowest BCUT2D eigenvalue weighted by atomic mass is 10.2. The topological polar surface area (TPSA) is 45.7 Å². The van der Waals surface area contributed by atoms with Crippen molar-refractivity contribution in [3.8, 4) is 5.75 Å². The summed E-state index contributed by atoms with van der Waals surface area (Å²) < 4.78 is 5.19. The van der Waals surface area contributed by atoms with Crippen molar-refractivity contribution < 1.29 is 9.53 Å². The lowest BCUT2D eigenvalue weighted by Crippen LogP contribution is -2.35. The number of pyridine rings is 1. The third kappa shape index (κ3) is 4.92. The summed E-state index contributed by atoms with van der Waals surface area (Å²) >= 11 is 0. The van der Waals surface area contributed by atoms with Gasteiger partial charge >= 0.3 is 0 Å². The summed E-state index contributed by atoms with van der Waals surface area (Å²) in [5.74, 6) is 0.636. The monoisotopic (exact) mass is 351 g/mol. The Balaban J connectivity index is 1.54. The number of hydrogen-bond donors (Lipinski definition) is 0. The van der Waals surface area contributed by atoms with E-state index in [9.17, 15) is 4.79 Å². The Bertz CT molecular complexity index is 746. The molecule has 26 heavy (non-hydrogen) atoms. The molecule has 0 saturated carbocycles. The van der Waals surface area contributed by atoms with E-state index in [1.54, 1.807) is 25.4 Å². The highest BCUT2D eigenvalue weighted by Crippen LogP contribution is 2.13. The van der Waals surface area contributed by atoms with Crippen LogP contribution in [0.2, 0.25) is 0 Å². The molecule has 1 saturated heterocycles. The van der Waals surface area contributed by atoms with Gasteiger partial charge in [0.2, 0.25) is 0 Å². The van der Waals surface area contributed by atoms with Gasteiger partial charge in [-0.15, -0.1) is 0 Å². The van der Waals surface area contributed by atoms with Crippen LogP contribution in [0.4, 0.5) is 0 Å². The largest absolute Gasteiger partial charge is 0.497 e. The Kier molecular flexibility index (Phi) is 6.39. The smallest absolute Gasteiger partial charge is 0.272 e. The van der Waals surface area contributed by atoms with E-state index in [0.717, 1.165) is 39.1 Å². The molecule has 0 radical (unpaired) electrons. The van der Waals surface area contributed by atoms with E-state index in [1.807, 2.05) is 23.1 Å². The molecule has 3 rings (SSSR count). The Morgan fingerprint density at radius 1 is 1.15 bits per heavy atom. The minimum atomic E-state index is -0.0226. The quantitative estimate of drug-likeness (QED) is 0.831. The average molecular weight is 351 g/mol. The van der Waals surface area contributed by atoms with Crippen molar-refractivity contribution >= 4 is 12.0 Å². The number of ether oxygens (including phenoxy) is 1. The zero-order chi connectivity index (χ0) is 18.2. The highest BCUT2D eigenvalue weighted by molar-refractivity contribution is 5.92. The number of carbonyl (C=O) groups is 1. The van der Waals surface area contributed by atoms with Crippen molar-refractivity contribution in [3.63, 3.8) is 0 Å². The van der Waals surface area contributed by atoms with Gasteiger partial charge in [0.1, 0.15) is 11.4 Å². The second kappa shape index (κ2) is 9.15. The molecule has 0 spiro atoms. The van der Waals surface area contributed by atoms with Crippen molar-refractivity contribution in [2.45, 2.75) is 6.42 Å². The van der Waals surface area contributed by atoms with Gasteiger partial charge in [0, 0.05) is 45.0 Å². The fourth-order valence-electron chi connectivity index (χ4n) is 3.08. The summed E-state index contributed by atoms with van der Waals surface area (Å²) in [6, 6.07) is 13.8. The van der Waals surface area contributed by atoms with Gasteiger partial charge in [0.05, 0.1) is 7.11 Å². The molecule has 2 aromatic rings. The van der Waals surface area contributed by atoms with Crippen molar-refractivity contribution in [1.29, 1.82) is 0 Å². The minimum absolute atomic E-state index is 0.0226. The van der Waals surface area contributed by atoms with Crippen LogP contribution < -0.4 is 4.74 Å². The summed E-state index contributed by atoms with van der Waals surface area (Å²) in [4.78, 5) is 21.2. The van der Waals surface area contributed by atoms with Crippen molar-refractivity contribution in [3.05, 3.63) is 66.0 Å². The standard InChI is InChI=1S/C21H25N3O2/c1-26-19-10-11-22-20(17-19)21(25)24-14-6-13-23(15-16-24)12-5-9-18-7-3-2-4-8-18/h2-5,7-11,17H,6,12-16H2,1H3/b9-5+. The Morgan fingerprint density at radius 2 is 2.00 bits per heavy atom. The number of benzene rings is 1. The van der Waals surface area contributed by atoms with Gasteiger partial charge in [-0.2, -0.15) is 0 Å². The molecule has 1 amide bonds. The van der Waals surface area contributed by atoms with Crippen molar-refractivity contribution in [2.24, 2.45) is 0 Å². The molecule has 0 unspecified atom stereocenters. The molecule has 1 aromatic carbocycles. The van der Waals surface area contributed by atoms with Gasteiger partial charge < -0.3 is 9.64 Å². The van der Waals surface area contributed by atoms with Crippen LogP contribution in [0.25, 0.3) is 6.08 Å². The Morgan fingerprint density at radius 3 is 2.81 bits per heavy atom. The third-order valence-electron chi connectivity index (χ3n) is 4.54. The van der Waals surface area contributed by atoms with E-state index >= 15 is 0 Å². The average Bonchev–Trinajstić information content (AvgIpc) is 2.94. The van der Waals surface area contributed by atoms with Gasteiger partial charge in [-0.25, -0.2) is 0 Å². The van der Waals surface area contributed by atoms with Crippen molar-refractivity contribution in [1.82, 2.24) is 14.8 Å². The molecule has 1 fully saturated rings. The molecule has 1 aliphatic rings. The van der Waals surface area contributed by atoms with Crippen LogP contribution in [-0.4, -0.2) is 60.5 Å². The second-order valence-electron chi connectivity index (χ2n) is 6.34. The van der Waals surface area contributed by atoms with Gasteiger partial charge in [-0.05, 0) is 18.1 Å². The predicted octanol–water partition coefficient (Wildman–Crippen LogP) is 2.95. The zero-order valence-electron chi connectivity index (χ0n) is 15.2. The second-order valence-corrected chi connectivity index (χ2v) is 6.34. The molecule has 1 aromatic heterocycles. The van der Waals surface area contributed by atoms with E-state index in [0.29, 0.717) is 11.4 Å². The Hall–Kier alpha value is -2.66. The van der Waals surface area contributed by atoms with Crippen LogP contribution in [0.1, 0.15) is 22.5 Å². The molecule has 136 valence electrons. The summed E-state index contributed by atoms with van der Waals surface area (Å²) in [6.45, 7) is 4.24. The first-order chi connectivity index (χ1) is 12.8. The Labute approximate surface area is 154 Å². The van der Waals surface area contributed by atoms with E-state index in [2.05, 4.69) is 34.2 Å². The van der Waals surface area contributed by atoms with E-state index in [1.165, 1.54) is 5.56 Å². The SMILES string of the molecule is COc1ccnc(C(=O)N2CCCN(C/C=C/c3ccccc3)CC2)c1. The van der Waals surface area contributed by atoms with Crippen LogP contribution in [0.3, 0.4) is 0 Å². The molecule has 5 nitrogen and oxygen atoms in total. The maximum atomic E-state index is 12.7. The van der Waals surface area contributed by atoms with Crippen LogP contribution in [0.5, 0.6) is 5.75 Å². The number of hydrogen-bond acceptors (Lipinski definition) is 4. The summed E-state index contributed by atoms with van der Waals surface area (Å²) in [6.07, 6.45) is 6.92. The maximum Gasteiger partial charge on any atom is 0.272 e. The maximum absolute atomic E-state index is 12.7. The first kappa shape index (κ1) is 18.1. The molecular weight excluding hydrogens is 326 g/mol. The van der Waals surface area contributed by atoms with Crippen LogP contribution in [0, 0.1) is 0 Å². The summed E-state index contributed by atoms with van der Waals surface area (Å²) in [7, 11) is 1.59. The van der Waals surface area contributed by atoms with Crippen molar-refractivity contribution in [2.75, 3.05) is 39.8 Å². The number of aromatic nitrogens is 1. The molecule has 0 atom stereocenters. The van der Waals surface area contributed by atoms with Gasteiger partial charge in [-0.1, -0.05) is 42.5 Å². The summed E-state index contributed by atoms with van der Waals surface area (Å²) in [5.41, 5.74) is 1.66. The van der Waals surface area contributed by atoms with Crippen LogP contribution in [0.15, 0.2) is 54.7 Å². The first-order valence-electron chi connectivity index (χ1n) is 8.99. The fourth-order valence-corrected chi connectivity index (χ4v) is 3.08. The van der Waals surface area contributed by atoms with Crippen LogP contribution in [-0.2, 0) is 0 Å². The van der Waals surface area contributed by atoms with Gasteiger partial charge in [-0.3, -0.25) is 14.7 Å². The van der Waals surface area contributed by atoms with Crippen LogP contribution >= 0.6 is 0 Å². The highest BCUT2D eigenvalue weighted by Gasteiger charge is 2.21.